The maximum Gasteiger partial charge on any atom is 0.214 e. The second-order valence-corrected chi connectivity index (χ2v) is 9.36. The lowest BCUT2D eigenvalue weighted by Gasteiger charge is -2.32. The molecule has 31 heavy (non-hydrogen) atoms. The van der Waals surface area contributed by atoms with Gasteiger partial charge in [-0.15, -0.1) is 24.0 Å². The van der Waals surface area contributed by atoms with Crippen molar-refractivity contribution < 1.29 is 22.7 Å². The first-order chi connectivity index (χ1) is 14.3. The van der Waals surface area contributed by atoms with Gasteiger partial charge in [-0.05, 0) is 50.5 Å². The minimum atomic E-state index is -3.16. The molecular formula is C20H34FIN4O4S. The predicted octanol–water partition coefficient (Wildman–Crippen LogP) is 1.94. The van der Waals surface area contributed by atoms with E-state index in [9.17, 15) is 17.9 Å². The van der Waals surface area contributed by atoms with E-state index in [0.717, 1.165) is 0 Å². The van der Waals surface area contributed by atoms with Crippen molar-refractivity contribution in [2.45, 2.75) is 45.3 Å². The summed E-state index contributed by atoms with van der Waals surface area (Å²) < 4.78 is 44.3. The molecule has 0 amide bonds. The van der Waals surface area contributed by atoms with E-state index in [4.69, 9.17) is 4.74 Å². The van der Waals surface area contributed by atoms with Crippen molar-refractivity contribution in [3.8, 4) is 5.75 Å². The Bertz CT molecular complexity index is 772. The Morgan fingerprint density at radius 3 is 2.52 bits per heavy atom. The van der Waals surface area contributed by atoms with E-state index in [2.05, 4.69) is 15.6 Å². The molecule has 178 valence electrons. The summed E-state index contributed by atoms with van der Waals surface area (Å²) in [6.45, 7) is 5.65. The van der Waals surface area contributed by atoms with Gasteiger partial charge in [-0.1, -0.05) is 6.92 Å². The van der Waals surface area contributed by atoms with E-state index < -0.39 is 16.1 Å². The van der Waals surface area contributed by atoms with Gasteiger partial charge in [0.25, 0.3) is 0 Å². The van der Waals surface area contributed by atoms with Crippen LogP contribution >= 0.6 is 24.0 Å². The number of aliphatic imine (C=N–C) groups is 1. The second-order valence-electron chi connectivity index (χ2n) is 7.27. The predicted molar refractivity (Wildman–Crippen MR) is 131 cm³/mol. The van der Waals surface area contributed by atoms with Crippen LogP contribution in [0.5, 0.6) is 5.75 Å². The van der Waals surface area contributed by atoms with Crippen LogP contribution in [0.1, 0.15) is 33.1 Å². The molecule has 0 spiro atoms. The zero-order valence-corrected chi connectivity index (χ0v) is 21.2. The molecule has 0 saturated carbocycles. The van der Waals surface area contributed by atoms with E-state index in [1.165, 1.54) is 24.3 Å². The van der Waals surface area contributed by atoms with E-state index in [1.54, 1.807) is 4.31 Å². The normalized spacial score (nSPS) is 17.0. The third-order valence-corrected chi connectivity index (χ3v) is 6.79. The van der Waals surface area contributed by atoms with Crippen LogP contribution in [0, 0.1) is 5.82 Å². The average molecular weight is 572 g/mol. The molecule has 1 aliphatic rings. The van der Waals surface area contributed by atoms with Crippen molar-refractivity contribution in [1.29, 1.82) is 0 Å². The molecule has 3 N–H and O–H groups in total. The lowest BCUT2D eigenvalue weighted by molar-refractivity contribution is 0.114. The van der Waals surface area contributed by atoms with Crippen molar-refractivity contribution in [3.63, 3.8) is 0 Å². The first kappa shape index (κ1) is 27.9. The number of nitrogens with one attached hydrogen (secondary N) is 2. The van der Waals surface area contributed by atoms with Crippen molar-refractivity contribution in [1.82, 2.24) is 14.9 Å². The first-order valence-corrected chi connectivity index (χ1v) is 12.0. The molecule has 2 rings (SSSR count). The van der Waals surface area contributed by atoms with Gasteiger partial charge in [0.1, 0.15) is 24.3 Å². The Morgan fingerprint density at radius 2 is 1.94 bits per heavy atom. The maximum atomic E-state index is 12.9. The minimum absolute atomic E-state index is 0. The van der Waals surface area contributed by atoms with Gasteiger partial charge >= 0.3 is 0 Å². The molecule has 1 fully saturated rings. The number of nitrogens with zero attached hydrogens (tertiary/aromatic N) is 2. The summed E-state index contributed by atoms with van der Waals surface area (Å²) in [5.74, 6) is 0.901. The van der Waals surface area contributed by atoms with Crippen LogP contribution in [-0.4, -0.2) is 74.5 Å². The molecule has 0 bridgehead atoms. The summed E-state index contributed by atoms with van der Waals surface area (Å²) in [6.07, 6.45) is 1.20. The third-order valence-electron chi connectivity index (χ3n) is 4.71. The number of piperidine rings is 1. The Morgan fingerprint density at radius 1 is 1.29 bits per heavy atom. The van der Waals surface area contributed by atoms with Crippen molar-refractivity contribution >= 4 is 40.0 Å². The summed E-state index contributed by atoms with van der Waals surface area (Å²) in [5.41, 5.74) is 0. The number of sulfonamides is 1. The number of ether oxygens (including phenoxy) is 1. The Labute approximate surface area is 201 Å². The number of hydrogen-bond acceptors (Lipinski definition) is 5. The molecule has 8 nitrogen and oxygen atoms in total. The van der Waals surface area contributed by atoms with Gasteiger partial charge in [0.2, 0.25) is 10.0 Å². The highest BCUT2D eigenvalue weighted by Crippen LogP contribution is 2.15. The van der Waals surface area contributed by atoms with E-state index in [0.29, 0.717) is 50.6 Å². The molecule has 0 aromatic heterocycles. The summed E-state index contributed by atoms with van der Waals surface area (Å²) >= 11 is 0. The molecule has 1 unspecified atom stereocenters. The quantitative estimate of drug-likeness (QED) is 0.225. The SMILES string of the molecule is CCCS(=O)(=O)N1CCC(NC(=NCC(O)COc2ccc(F)cc2)NCC)CC1.I. The molecule has 1 heterocycles. The standard InChI is InChI=1S/C20H33FN4O4S.HI/c1-3-13-30(27,28)25-11-9-17(10-12-25)24-20(22-4-2)23-14-18(26)15-29-19-7-5-16(21)6-8-19;/h5-8,17-18,26H,3-4,9-15H2,1-2H3,(H2,22,23,24);1H. The van der Waals surface area contributed by atoms with Crippen LogP contribution in [0.25, 0.3) is 0 Å². The van der Waals surface area contributed by atoms with Crippen LogP contribution < -0.4 is 15.4 Å². The Balaban J connectivity index is 0.00000480. The number of aliphatic hydroxyl groups is 1. The molecule has 1 aliphatic heterocycles. The second kappa shape index (κ2) is 14.1. The molecule has 11 heteroatoms. The lowest BCUT2D eigenvalue weighted by Crippen LogP contribution is -2.50. The molecular weight excluding hydrogens is 538 g/mol. The Kier molecular flexibility index (Phi) is 12.6. The fourth-order valence-electron chi connectivity index (χ4n) is 3.15. The molecule has 0 radical (unpaired) electrons. The van der Waals surface area contributed by atoms with Crippen LogP contribution in [0.3, 0.4) is 0 Å². The smallest absolute Gasteiger partial charge is 0.214 e. The van der Waals surface area contributed by atoms with Crippen molar-refractivity contribution in [2.75, 3.05) is 38.5 Å². The van der Waals surface area contributed by atoms with Gasteiger partial charge in [-0.25, -0.2) is 17.1 Å². The number of hydrogen-bond donors (Lipinski definition) is 3. The number of aliphatic hydroxyl groups excluding tert-OH is 1. The number of benzene rings is 1. The summed E-state index contributed by atoms with van der Waals surface area (Å²) in [4.78, 5) is 4.40. The van der Waals surface area contributed by atoms with E-state index in [1.807, 2.05) is 13.8 Å². The number of guanidine groups is 1. The topological polar surface area (TPSA) is 103 Å². The Hall–Kier alpha value is -1.18. The monoisotopic (exact) mass is 572 g/mol. The van der Waals surface area contributed by atoms with Gasteiger partial charge in [0.05, 0.1) is 12.3 Å². The van der Waals surface area contributed by atoms with E-state index in [-0.39, 0.29) is 54.7 Å². The van der Waals surface area contributed by atoms with Gasteiger partial charge in [0.15, 0.2) is 5.96 Å². The maximum absolute atomic E-state index is 12.9. The van der Waals surface area contributed by atoms with Gasteiger partial charge in [-0.3, -0.25) is 4.99 Å². The fraction of sp³-hybridized carbons (Fsp3) is 0.650. The lowest BCUT2D eigenvalue weighted by atomic mass is 10.1. The summed E-state index contributed by atoms with van der Waals surface area (Å²) in [6, 6.07) is 5.72. The van der Waals surface area contributed by atoms with Crippen molar-refractivity contribution in [3.05, 3.63) is 30.1 Å². The molecule has 1 aromatic rings. The van der Waals surface area contributed by atoms with Crippen LogP contribution in [-0.2, 0) is 10.0 Å². The van der Waals surface area contributed by atoms with E-state index >= 15 is 0 Å². The number of halogens is 2. The summed E-state index contributed by atoms with van der Waals surface area (Å²) in [5, 5.41) is 16.6. The zero-order valence-electron chi connectivity index (χ0n) is 18.1. The van der Waals surface area contributed by atoms with Crippen LogP contribution in [0.2, 0.25) is 0 Å². The van der Waals surface area contributed by atoms with Crippen molar-refractivity contribution in [2.24, 2.45) is 4.99 Å². The molecule has 1 aromatic carbocycles. The third kappa shape index (κ3) is 9.87. The van der Waals surface area contributed by atoms with Gasteiger partial charge < -0.3 is 20.5 Å². The van der Waals surface area contributed by atoms with Gasteiger partial charge in [-0.2, -0.15) is 0 Å². The largest absolute Gasteiger partial charge is 0.491 e. The fourth-order valence-corrected chi connectivity index (χ4v) is 4.69. The average Bonchev–Trinajstić information content (AvgIpc) is 2.72. The summed E-state index contributed by atoms with van der Waals surface area (Å²) in [7, 11) is -3.16. The van der Waals surface area contributed by atoms with Gasteiger partial charge in [0, 0.05) is 25.7 Å². The first-order valence-electron chi connectivity index (χ1n) is 10.4. The molecule has 1 saturated heterocycles. The zero-order chi connectivity index (χ0) is 22.0. The van der Waals surface area contributed by atoms with Crippen LogP contribution in [0.15, 0.2) is 29.3 Å². The minimum Gasteiger partial charge on any atom is -0.491 e. The highest BCUT2D eigenvalue weighted by atomic mass is 127. The number of rotatable bonds is 10. The van der Waals surface area contributed by atoms with Crippen LogP contribution in [0.4, 0.5) is 4.39 Å². The molecule has 0 aliphatic carbocycles. The highest BCUT2D eigenvalue weighted by Gasteiger charge is 2.27. The highest BCUT2D eigenvalue weighted by molar-refractivity contribution is 14.0. The molecule has 1 atom stereocenters.